The van der Waals surface area contributed by atoms with Crippen molar-refractivity contribution in [3.8, 4) is 0 Å². The van der Waals surface area contributed by atoms with E-state index in [0.717, 1.165) is 30.5 Å². The molecule has 4 heteroatoms. The quantitative estimate of drug-likeness (QED) is 0.150. The monoisotopic (exact) mass is 954 g/mol. The number of carboxylic acids is 1. The first-order valence-electron chi connectivity index (χ1n) is 28.7. The van der Waals surface area contributed by atoms with Crippen LogP contribution in [0.3, 0.4) is 0 Å². The van der Waals surface area contributed by atoms with Gasteiger partial charge in [0.05, 0.1) is 0 Å². The standard InChI is InChI=1S/C73H18N2O2/c74-12(71(76)77)7-9-1-3-10(4-2-9)75-11-5-6-72-67-59-51-41-31-23-15-13-14-17-21-19(15)27-35-29(21)39-33-25(17)26-18(14)22-20-16(13)24(23)32-38-28(20)36-30(22)40-34(26)44-43(33)53-47(39)57-49(35)55(45(51)37(27)31)61(67)63(57)69-65(53)66-54(44)48(40)58-50(36)56-46(38)52(42(32)41)60(59)68(72)62(56)64(58)70(66)73(69,72)8-11/h1-4,11-12,75H,5-8,74H2,(H,76,77)/t11?,12-,72?,73?/m1/s1. The Balaban J connectivity index is 0.971. The van der Waals surface area contributed by atoms with E-state index in [-0.39, 0.29) is 16.9 Å². The Labute approximate surface area is 421 Å². The summed E-state index contributed by atoms with van der Waals surface area (Å²) in [5.74, 6) is -0.950. The molecule has 2 spiro atoms. The molecule has 0 aliphatic heterocycles. The van der Waals surface area contributed by atoms with Crippen LogP contribution in [0.4, 0.5) is 5.69 Å². The van der Waals surface area contributed by atoms with Gasteiger partial charge in [-0.2, -0.15) is 0 Å². The summed E-state index contributed by atoms with van der Waals surface area (Å²) in [7, 11) is 0. The number of anilines is 1. The largest absolute Gasteiger partial charge is 0.480 e. The molecule has 0 radical (unpaired) electrons. The average Bonchev–Trinajstić information content (AvgIpc) is 1.53. The van der Waals surface area contributed by atoms with Crippen molar-refractivity contribution in [2.75, 3.05) is 5.32 Å². The van der Waals surface area contributed by atoms with Crippen LogP contribution in [0.1, 0.15) is 47.1 Å². The lowest BCUT2D eigenvalue weighted by Gasteiger charge is -2.59. The summed E-state index contributed by atoms with van der Waals surface area (Å²) in [6, 6.07) is 7.97. The Kier molecular flexibility index (Phi) is 2.85. The van der Waals surface area contributed by atoms with Gasteiger partial charge < -0.3 is 16.2 Å². The van der Waals surface area contributed by atoms with Gasteiger partial charge in [0.2, 0.25) is 0 Å². The number of aliphatic carboxylic acids is 1. The number of hydrogen-bond donors (Lipinski definition) is 3. The molecular weight excluding hydrogens is 937 g/mol. The SMILES string of the molecule is N[C@H](Cc1ccc(NC2CCC34c5c6c7c8c9c%10c(c%11c%12c3c3c5c5c%13c6c6c7c7c9c9c%14c%10c%10c%11c%11c%12c%12c3c3c5c5c%13c%13c6c6c7c9c7c9c%14c%10c%10c%11c%11c%12c3c3c5c5c%13c6c7c6c9c%10c%11c3c56)C84C2)cc1)C(=O)O. The first-order chi connectivity index (χ1) is 38.1. The summed E-state index contributed by atoms with van der Waals surface area (Å²) in [6.45, 7) is 0. The van der Waals surface area contributed by atoms with Crippen molar-refractivity contribution >= 4 is 303 Å². The summed E-state index contributed by atoms with van der Waals surface area (Å²) in [5.41, 5.74) is 14.7. The molecule has 0 saturated heterocycles. The van der Waals surface area contributed by atoms with E-state index in [1.807, 2.05) is 0 Å². The van der Waals surface area contributed by atoms with E-state index in [0.29, 0.717) is 6.42 Å². The highest BCUT2D eigenvalue weighted by atomic mass is 16.4. The first kappa shape index (κ1) is 30.5. The number of benzene rings is 19. The predicted molar refractivity (Wildman–Crippen MR) is 321 cm³/mol. The van der Waals surface area contributed by atoms with E-state index in [4.69, 9.17) is 5.73 Å². The number of carboxylic acid groups (broad SMARTS) is 1. The highest BCUT2D eigenvalue weighted by Gasteiger charge is 2.71. The lowest BCUT2D eigenvalue weighted by Crippen LogP contribution is -2.57. The number of nitrogens with one attached hydrogen (secondary N) is 1. The van der Waals surface area contributed by atoms with Gasteiger partial charge in [0, 0.05) is 22.6 Å². The molecule has 4 nitrogen and oxygen atoms in total. The third-order valence-corrected chi connectivity index (χ3v) is 27.2. The van der Waals surface area contributed by atoms with Crippen LogP contribution in [0.5, 0.6) is 0 Å². The van der Waals surface area contributed by atoms with Gasteiger partial charge in [-0.15, -0.1) is 0 Å². The summed E-state index contributed by atoms with van der Waals surface area (Å²) < 4.78 is 0. The molecule has 0 aromatic heterocycles. The zero-order valence-corrected chi connectivity index (χ0v) is 39.7. The van der Waals surface area contributed by atoms with Gasteiger partial charge in [-0.25, -0.2) is 0 Å². The minimum Gasteiger partial charge on any atom is -0.480 e. The van der Waals surface area contributed by atoms with Crippen molar-refractivity contribution in [2.45, 2.75) is 48.6 Å². The van der Waals surface area contributed by atoms with E-state index in [2.05, 4.69) is 29.6 Å². The number of carbonyl (C=O) groups is 1. The number of nitrogens with two attached hydrogens (primary N) is 1. The average molecular weight is 955 g/mol. The van der Waals surface area contributed by atoms with Crippen LogP contribution in [0, 0.1) is 0 Å². The third kappa shape index (κ3) is 1.79. The van der Waals surface area contributed by atoms with E-state index >= 15 is 0 Å². The molecule has 0 heterocycles. The molecule has 1 saturated carbocycles. The number of hydrogen-bond acceptors (Lipinski definition) is 3. The van der Waals surface area contributed by atoms with Crippen LogP contribution < -0.4 is 11.1 Å². The Morgan fingerprint density at radius 3 is 0.831 bits per heavy atom. The highest BCUT2D eigenvalue weighted by molar-refractivity contribution is 6.82. The van der Waals surface area contributed by atoms with Crippen LogP contribution in [0.25, 0.3) is 291 Å². The van der Waals surface area contributed by atoms with Crippen LogP contribution in [0.2, 0.25) is 0 Å². The maximum absolute atomic E-state index is 11.8. The molecule has 5 aliphatic carbocycles. The van der Waals surface area contributed by atoms with Gasteiger partial charge in [0.1, 0.15) is 6.04 Å². The second kappa shape index (κ2) is 7.20. The Morgan fingerprint density at radius 2 is 0.597 bits per heavy atom. The van der Waals surface area contributed by atoms with Gasteiger partial charge >= 0.3 is 5.97 Å². The van der Waals surface area contributed by atoms with E-state index in [9.17, 15) is 9.90 Å². The molecule has 1 unspecified atom stereocenters. The molecule has 5 aliphatic rings. The van der Waals surface area contributed by atoms with Crippen molar-refractivity contribution in [2.24, 2.45) is 5.73 Å². The van der Waals surface area contributed by atoms with Crippen LogP contribution in [-0.2, 0) is 22.0 Å². The minimum atomic E-state index is -0.950. The zero-order valence-electron chi connectivity index (χ0n) is 39.7. The lowest BCUT2D eigenvalue weighted by atomic mass is 9.43. The van der Waals surface area contributed by atoms with Crippen LogP contribution in [0.15, 0.2) is 24.3 Å². The van der Waals surface area contributed by atoms with Gasteiger partial charge in [0.15, 0.2) is 0 Å². The molecule has 332 valence electrons. The van der Waals surface area contributed by atoms with Gasteiger partial charge in [0.25, 0.3) is 0 Å². The molecule has 0 bridgehead atoms. The second-order valence-corrected chi connectivity index (χ2v) is 28.0. The van der Waals surface area contributed by atoms with Crippen LogP contribution in [-0.4, -0.2) is 23.2 Å². The Bertz CT molecular complexity index is 7450. The maximum Gasteiger partial charge on any atom is 0.320 e. The molecule has 34 rings (SSSR count). The molecule has 1 fully saturated rings. The minimum absolute atomic E-state index is 0.215. The zero-order chi connectivity index (χ0) is 46.7. The molecule has 77 heavy (non-hydrogen) atoms. The lowest BCUT2D eigenvalue weighted by molar-refractivity contribution is -0.138. The molecule has 4 N–H and O–H groups in total. The molecular formula is C73H18N2O2. The summed E-state index contributed by atoms with van der Waals surface area (Å²) >= 11 is 0. The molecule has 29 aromatic carbocycles. The van der Waals surface area contributed by atoms with Gasteiger partial charge in [-0.1, -0.05) is 12.1 Å². The normalized spacial score (nSPS) is 23.1. The topological polar surface area (TPSA) is 75.3 Å². The molecule has 2 atom stereocenters. The Morgan fingerprint density at radius 1 is 0.377 bits per heavy atom. The van der Waals surface area contributed by atoms with Gasteiger partial charge in [-0.3, -0.25) is 4.79 Å². The van der Waals surface area contributed by atoms with E-state index in [1.54, 1.807) is 313 Å². The second-order valence-electron chi connectivity index (χ2n) is 28.0. The smallest absolute Gasteiger partial charge is 0.320 e. The van der Waals surface area contributed by atoms with Gasteiger partial charge in [-0.05, 0) is 356 Å². The third-order valence-electron chi connectivity index (χ3n) is 27.2. The molecule has 29 aromatic rings. The summed E-state index contributed by atoms with van der Waals surface area (Å²) in [4.78, 5) is 11.8. The van der Waals surface area contributed by atoms with Crippen molar-refractivity contribution in [3.05, 3.63) is 52.1 Å². The van der Waals surface area contributed by atoms with E-state index in [1.165, 1.54) is 0 Å². The molecule has 0 amide bonds. The highest BCUT2D eigenvalue weighted by Crippen LogP contribution is 2.86. The first-order valence-corrected chi connectivity index (χ1v) is 28.7. The van der Waals surface area contributed by atoms with Crippen LogP contribution >= 0.6 is 0 Å². The fraction of sp³-hybridized carbons (Fsp3) is 0.110. The fourth-order valence-electron chi connectivity index (χ4n) is 26.7. The van der Waals surface area contributed by atoms with Crippen molar-refractivity contribution in [1.82, 2.24) is 0 Å². The predicted octanol–water partition coefficient (Wildman–Crippen LogP) is 17.9. The Hall–Kier alpha value is -9.09. The number of rotatable bonds is 5. The summed E-state index contributed by atoms with van der Waals surface area (Å²) in [6.07, 6.45) is 3.58. The van der Waals surface area contributed by atoms with Crippen molar-refractivity contribution < 1.29 is 9.90 Å². The van der Waals surface area contributed by atoms with Crippen molar-refractivity contribution in [3.63, 3.8) is 0 Å². The van der Waals surface area contributed by atoms with Crippen molar-refractivity contribution in [1.29, 1.82) is 0 Å². The van der Waals surface area contributed by atoms with E-state index < -0.39 is 12.0 Å². The maximum atomic E-state index is 11.8. The summed E-state index contributed by atoms with van der Waals surface area (Å²) in [5, 5.41) is 103. The fourth-order valence-corrected chi connectivity index (χ4v) is 26.7.